The summed E-state index contributed by atoms with van der Waals surface area (Å²) in [6.45, 7) is 6.71. The number of carboxylic acids is 1. The third-order valence-electron chi connectivity index (χ3n) is 7.48. The van der Waals surface area contributed by atoms with Crippen LogP contribution in [0.4, 0.5) is 0 Å². The normalized spacial score (nSPS) is 18.5. The highest BCUT2D eigenvalue weighted by Crippen LogP contribution is 2.21. The van der Waals surface area contributed by atoms with Crippen LogP contribution in [0.1, 0.15) is 58.9 Å². The number of hydrogen-bond donors (Lipinski definition) is 7. The maximum absolute atomic E-state index is 13.4. The average molecular weight is 592 g/mol. The van der Waals surface area contributed by atoms with E-state index < -0.39 is 66.4 Å². The van der Waals surface area contributed by atoms with Crippen LogP contribution in [0.25, 0.3) is 0 Å². The van der Waals surface area contributed by atoms with E-state index in [0.29, 0.717) is 25.8 Å². The predicted octanol–water partition coefficient (Wildman–Crippen LogP) is -0.123. The number of aromatic hydroxyl groups is 1. The van der Waals surface area contributed by atoms with E-state index >= 15 is 0 Å². The van der Waals surface area contributed by atoms with Crippen molar-refractivity contribution in [3.8, 4) is 5.75 Å². The second-order valence-corrected chi connectivity index (χ2v) is 11.3. The van der Waals surface area contributed by atoms with Crippen LogP contribution in [0.3, 0.4) is 0 Å². The van der Waals surface area contributed by atoms with Crippen molar-refractivity contribution in [2.75, 3.05) is 13.2 Å². The summed E-state index contributed by atoms with van der Waals surface area (Å²) in [6.07, 6.45) is 1.82. The summed E-state index contributed by atoms with van der Waals surface area (Å²) < 4.78 is 0. The number of carbonyl (C=O) groups excluding carboxylic acids is 4. The van der Waals surface area contributed by atoms with E-state index in [4.69, 9.17) is 5.73 Å². The number of carbonyl (C=O) groups is 5. The number of nitrogens with zero attached hydrogens (tertiary/aromatic N) is 1. The van der Waals surface area contributed by atoms with Crippen LogP contribution in [0, 0.1) is 11.8 Å². The monoisotopic (exact) mass is 591 g/mol. The first-order valence-corrected chi connectivity index (χ1v) is 14.4. The number of benzene rings is 1. The molecule has 1 saturated heterocycles. The molecule has 0 aromatic heterocycles. The first-order valence-electron chi connectivity index (χ1n) is 14.4. The van der Waals surface area contributed by atoms with Crippen molar-refractivity contribution >= 4 is 29.6 Å². The van der Waals surface area contributed by atoms with Crippen LogP contribution in [0.5, 0.6) is 5.75 Å². The number of amides is 4. The lowest BCUT2D eigenvalue weighted by molar-refractivity contribution is -0.143. The van der Waals surface area contributed by atoms with Gasteiger partial charge in [-0.25, -0.2) is 4.79 Å². The van der Waals surface area contributed by atoms with E-state index in [1.165, 1.54) is 17.0 Å². The van der Waals surface area contributed by atoms with Crippen LogP contribution in [0.15, 0.2) is 24.3 Å². The summed E-state index contributed by atoms with van der Waals surface area (Å²) in [5.41, 5.74) is 6.93. The number of aliphatic hydroxyl groups is 1. The standard InChI is InChI=1S/C29H45N5O8/c1-5-17(4)24(27(39)32-22(15-35)25(37)31-21(29(41)42)13-16(2)3)33-26(38)23-7-6-12-34(23)28(40)20(30)14-18-8-10-19(36)11-9-18/h8-11,16-17,20-24,35-36H,5-7,12-15,30H2,1-4H3,(H,31,37)(H,32,39)(H,33,38)(H,41,42)/t17-,20-,21-,22-,23-,24-/m0/s1. The van der Waals surface area contributed by atoms with Gasteiger partial charge in [-0.3, -0.25) is 19.2 Å². The molecule has 0 unspecified atom stereocenters. The average Bonchev–Trinajstić information content (AvgIpc) is 3.44. The molecule has 6 atom stereocenters. The highest BCUT2D eigenvalue weighted by molar-refractivity contribution is 5.95. The van der Waals surface area contributed by atoms with Gasteiger partial charge in [0.05, 0.1) is 12.6 Å². The fraction of sp³-hybridized carbons (Fsp3) is 0.621. The van der Waals surface area contributed by atoms with Crippen molar-refractivity contribution in [1.82, 2.24) is 20.9 Å². The predicted molar refractivity (Wildman–Crippen MR) is 154 cm³/mol. The van der Waals surface area contributed by atoms with Gasteiger partial charge in [0.2, 0.25) is 23.6 Å². The van der Waals surface area contributed by atoms with Gasteiger partial charge in [0.25, 0.3) is 0 Å². The second kappa shape index (κ2) is 16.1. The summed E-state index contributed by atoms with van der Waals surface area (Å²) in [4.78, 5) is 65.5. The number of aliphatic hydroxyl groups excluding tert-OH is 1. The quantitative estimate of drug-likeness (QED) is 0.145. The Morgan fingerprint density at radius 2 is 1.62 bits per heavy atom. The van der Waals surface area contributed by atoms with Gasteiger partial charge in [-0.05, 0) is 55.2 Å². The van der Waals surface area contributed by atoms with E-state index in [1.807, 2.05) is 6.92 Å². The van der Waals surface area contributed by atoms with Crippen molar-refractivity contribution in [1.29, 1.82) is 0 Å². The van der Waals surface area contributed by atoms with E-state index in [9.17, 15) is 39.3 Å². The molecule has 0 bridgehead atoms. The first kappa shape index (κ1) is 34.5. The van der Waals surface area contributed by atoms with Crippen LogP contribution in [-0.2, 0) is 30.4 Å². The molecule has 1 aliphatic heterocycles. The second-order valence-electron chi connectivity index (χ2n) is 11.3. The fourth-order valence-electron chi connectivity index (χ4n) is 4.86. The van der Waals surface area contributed by atoms with Crippen molar-refractivity contribution in [2.24, 2.45) is 17.6 Å². The van der Waals surface area contributed by atoms with E-state index in [2.05, 4.69) is 16.0 Å². The number of nitrogens with two attached hydrogens (primary N) is 1. The summed E-state index contributed by atoms with van der Waals surface area (Å²) >= 11 is 0. The maximum Gasteiger partial charge on any atom is 0.326 e. The Bertz CT molecular complexity index is 1100. The molecule has 0 radical (unpaired) electrons. The van der Waals surface area contributed by atoms with Gasteiger partial charge in [0, 0.05) is 6.54 Å². The van der Waals surface area contributed by atoms with E-state index in [-0.39, 0.29) is 30.4 Å². The molecule has 234 valence electrons. The Balaban J connectivity index is 2.10. The van der Waals surface area contributed by atoms with Gasteiger partial charge < -0.3 is 41.9 Å². The number of phenols is 1. The molecular formula is C29H45N5O8. The number of phenolic OH excluding ortho intramolecular Hbond substituents is 1. The van der Waals surface area contributed by atoms with Crippen molar-refractivity contribution in [3.05, 3.63) is 29.8 Å². The van der Waals surface area contributed by atoms with Crippen LogP contribution >= 0.6 is 0 Å². The van der Waals surface area contributed by atoms with Crippen LogP contribution in [0.2, 0.25) is 0 Å². The number of rotatable bonds is 15. The first-order chi connectivity index (χ1) is 19.8. The number of hydrogen-bond acceptors (Lipinski definition) is 8. The zero-order valence-corrected chi connectivity index (χ0v) is 24.7. The molecule has 8 N–H and O–H groups in total. The number of aliphatic carboxylic acids is 1. The number of likely N-dealkylation sites (tertiary alicyclic amines) is 1. The van der Waals surface area contributed by atoms with Gasteiger partial charge >= 0.3 is 5.97 Å². The highest BCUT2D eigenvalue weighted by atomic mass is 16.4. The molecule has 0 spiro atoms. The Hall–Kier alpha value is -3.71. The zero-order valence-electron chi connectivity index (χ0n) is 24.7. The maximum atomic E-state index is 13.4. The molecule has 4 amide bonds. The molecule has 1 aromatic carbocycles. The lowest BCUT2D eigenvalue weighted by Crippen LogP contribution is -2.60. The SMILES string of the molecule is CC[C@H](C)[C@H](NC(=O)[C@@H]1CCCN1C(=O)[C@@H](N)Cc1ccc(O)cc1)C(=O)N[C@@H](CO)C(=O)N[C@@H](CC(C)C)C(=O)O. The molecule has 2 rings (SSSR count). The largest absolute Gasteiger partial charge is 0.508 e. The minimum absolute atomic E-state index is 0.0250. The molecule has 42 heavy (non-hydrogen) atoms. The summed E-state index contributed by atoms with van der Waals surface area (Å²) in [5, 5.41) is 36.2. The van der Waals surface area contributed by atoms with Crippen LogP contribution in [-0.4, -0.2) is 93.2 Å². The summed E-state index contributed by atoms with van der Waals surface area (Å²) in [6, 6.07) is 0.865. The zero-order chi connectivity index (χ0) is 31.6. The van der Waals surface area contributed by atoms with Crippen molar-refractivity contribution in [3.63, 3.8) is 0 Å². The van der Waals surface area contributed by atoms with Crippen LogP contribution < -0.4 is 21.7 Å². The lowest BCUT2D eigenvalue weighted by Gasteiger charge is -2.30. The minimum atomic E-state index is -1.43. The Morgan fingerprint density at radius 1 is 1.00 bits per heavy atom. The molecule has 1 fully saturated rings. The Morgan fingerprint density at radius 3 is 2.17 bits per heavy atom. The molecule has 0 saturated carbocycles. The molecule has 13 nitrogen and oxygen atoms in total. The Kier molecular flexibility index (Phi) is 13.2. The summed E-state index contributed by atoms with van der Waals surface area (Å²) in [5.74, 6) is -4.05. The highest BCUT2D eigenvalue weighted by Gasteiger charge is 2.39. The third-order valence-corrected chi connectivity index (χ3v) is 7.48. The molecule has 1 aliphatic rings. The minimum Gasteiger partial charge on any atom is -0.508 e. The molecule has 0 aliphatic carbocycles. The Labute approximate surface area is 246 Å². The smallest absolute Gasteiger partial charge is 0.326 e. The molecule has 1 heterocycles. The van der Waals surface area contributed by atoms with E-state index in [0.717, 1.165) is 5.56 Å². The third kappa shape index (κ3) is 9.69. The van der Waals surface area contributed by atoms with Gasteiger partial charge in [-0.15, -0.1) is 0 Å². The van der Waals surface area contributed by atoms with Gasteiger partial charge in [0.15, 0.2) is 0 Å². The number of carboxylic acid groups (broad SMARTS) is 1. The molecular weight excluding hydrogens is 546 g/mol. The van der Waals surface area contributed by atoms with Gasteiger partial charge in [-0.2, -0.15) is 0 Å². The summed E-state index contributed by atoms with van der Waals surface area (Å²) in [7, 11) is 0. The van der Waals surface area contributed by atoms with Gasteiger partial charge in [0.1, 0.15) is 29.9 Å². The number of nitrogens with one attached hydrogen (secondary N) is 3. The fourth-order valence-corrected chi connectivity index (χ4v) is 4.86. The lowest BCUT2D eigenvalue weighted by atomic mass is 9.97. The van der Waals surface area contributed by atoms with Crippen molar-refractivity contribution in [2.45, 2.75) is 90.0 Å². The molecule has 1 aromatic rings. The van der Waals surface area contributed by atoms with Crippen molar-refractivity contribution < 1.29 is 39.3 Å². The topological polar surface area (TPSA) is 211 Å². The molecule has 13 heteroatoms. The van der Waals surface area contributed by atoms with Gasteiger partial charge in [-0.1, -0.05) is 46.2 Å². The van der Waals surface area contributed by atoms with E-state index in [1.54, 1.807) is 32.9 Å².